The van der Waals surface area contributed by atoms with Crippen LogP contribution in [-0.2, 0) is 9.53 Å². The maximum atomic E-state index is 12.6. The van der Waals surface area contributed by atoms with Gasteiger partial charge in [-0.3, -0.25) is 14.6 Å². The van der Waals surface area contributed by atoms with Crippen LogP contribution in [-0.4, -0.2) is 29.0 Å². The van der Waals surface area contributed by atoms with Crippen LogP contribution >= 0.6 is 0 Å². The fourth-order valence-electron chi connectivity index (χ4n) is 5.78. The third kappa shape index (κ3) is 2.72. The summed E-state index contributed by atoms with van der Waals surface area (Å²) in [7, 11) is 0. The lowest BCUT2D eigenvalue weighted by Gasteiger charge is -2.54. The molecule has 3 fully saturated rings. The molecule has 1 saturated heterocycles. The van der Waals surface area contributed by atoms with Crippen molar-refractivity contribution in [1.82, 2.24) is 10.3 Å². The number of aromatic nitrogens is 1. The molecule has 1 aliphatic heterocycles. The van der Waals surface area contributed by atoms with Crippen LogP contribution in [0.1, 0.15) is 56.8 Å². The zero-order valence-electron chi connectivity index (χ0n) is 15.8. The van der Waals surface area contributed by atoms with Crippen LogP contribution < -0.4 is 5.32 Å². The quantitative estimate of drug-likeness (QED) is 0.826. The van der Waals surface area contributed by atoms with Crippen molar-refractivity contribution in [1.29, 1.82) is 0 Å². The van der Waals surface area contributed by atoms with Crippen molar-refractivity contribution in [2.24, 2.45) is 29.1 Å². The number of esters is 1. The number of carbonyl (C=O) groups is 2. The number of carbonyl (C=O) groups excluding carboxylic acids is 2. The first-order valence-corrected chi connectivity index (χ1v) is 9.82. The Morgan fingerprint density at radius 1 is 1.23 bits per heavy atom. The topological polar surface area (TPSA) is 68.3 Å². The summed E-state index contributed by atoms with van der Waals surface area (Å²) in [5.74, 6) is 0.842. The highest BCUT2D eigenvalue weighted by Crippen LogP contribution is 2.57. The lowest BCUT2D eigenvalue weighted by atomic mass is 9.52. The number of fused-ring (bicyclic) bond motifs is 3. The zero-order chi connectivity index (χ0) is 18.5. The molecule has 0 aromatic carbocycles. The van der Waals surface area contributed by atoms with Gasteiger partial charge in [-0.1, -0.05) is 20.8 Å². The number of rotatable bonds is 2. The fourth-order valence-corrected chi connectivity index (χ4v) is 5.78. The van der Waals surface area contributed by atoms with E-state index in [4.69, 9.17) is 4.74 Å². The average Bonchev–Trinajstić information content (AvgIpc) is 2.92. The first-order valence-electron chi connectivity index (χ1n) is 9.82. The summed E-state index contributed by atoms with van der Waals surface area (Å²) in [5, 5.41) is 3.23. The minimum Gasteiger partial charge on any atom is -0.462 e. The minimum atomic E-state index is -0.0444. The third-order valence-electron chi connectivity index (χ3n) is 7.38. The molecule has 1 amide bonds. The van der Waals surface area contributed by atoms with Crippen molar-refractivity contribution in [3.63, 3.8) is 0 Å². The van der Waals surface area contributed by atoms with E-state index in [1.807, 2.05) is 6.92 Å². The Kier molecular flexibility index (Phi) is 4.28. The van der Waals surface area contributed by atoms with Crippen molar-refractivity contribution in [3.8, 4) is 0 Å². The minimum absolute atomic E-state index is 0.00327. The van der Waals surface area contributed by atoms with Crippen LogP contribution in [0.5, 0.6) is 0 Å². The van der Waals surface area contributed by atoms with Crippen LogP contribution in [0, 0.1) is 29.1 Å². The molecule has 0 spiro atoms. The van der Waals surface area contributed by atoms with Crippen molar-refractivity contribution in [3.05, 3.63) is 30.1 Å². The van der Waals surface area contributed by atoms with E-state index in [1.165, 1.54) is 0 Å². The third-order valence-corrected chi connectivity index (χ3v) is 7.38. The van der Waals surface area contributed by atoms with E-state index in [1.54, 1.807) is 24.5 Å². The van der Waals surface area contributed by atoms with Gasteiger partial charge in [0.1, 0.15) is 6.10 Å². The van der Waals surface area contributed by atoms with Gasteiger partial charge in [0.25, 0.3) is 5.91 Å². The molecule has 1 aromatic heterocycles. The number of nitrogens with one attached hydrogen (secondary N) is 1. The maximum Gasteiger partial charge on any atom is 0.309 e. The van der Waals surface area contributed by atoms with Gasteiger partial charge >= 0.3 is 5.97 Å². The Bertz CT molecular complexity index is 706. The largest absolute Gasteiger partial charge is 0.462 e. The first kappa shape index (κ1) is 17.5. The number of amides is 1. The second-order valence-electron chi connectivity index (χ2n) is 8.79. The average molecular weight is 356 g/mol. The van der Waals surface area contributed by atoms with Crippen LogP contribution in [0.25, 0.3) is 0 Å². The second-order valence-corrected chi connectivity index (χ2v) is 8.79. The molecule has 26 heavy (non-hydrogen) atoms. The van der Waals surface area contributed by atoms with E-state index in [0.29, 0.717) is 17.4 Å². The summed E-state index contributed by atoms with van der Waals surface area (Å²) in [6.07, 6.45) is 7.56. The highest BCUT2D eigenvalue weighted by atomic mass is 16.6. The molecule has 5 heteroatoms. The van der Waals surface area contributed by atoms with Crippen LogP contribution in [0.4, 0.5) is 0 Å². The van der Waals surface area contributed by atoms with E-state index in [2.05, 4.69) is 24.1 Å². The summed E-state index contributed by atoms with van der Waals surface area (Å²) >= 11 is 0. The van der Waals surface area contributed by atoms with Gasteiger partial charge in [0, 0.05) is 35.8 Å². The molecule has 2 saturated carbocycles. The van der Waals surface area contributed by atoms with Crippen molar-refractivity contribution in [2.45, 2.75) is 58.6 Å². The normalized spacial score (nSPS) is 41.7. The summed E-state index contributed by atoms with van der Waals surface area (Å²) in [5.41, 5.74) is 0.839. The molecule has 1 unspecified atom stereocenters. The standard InChI is InChI=1S/C21H28N2O3/c1-12-15-4-8-21(3)9-5-16(13(2)17(21)18(15)26-20(12)25)23-19(24)14-6-10-22-11-7-14/h6-7,10-13,15-18H,4-5,8-9H2,1-3H3,(H,23,24)/t12-,13-,15?,16+,17-,18+,21+/m1/s1. The molecule has 1 N–H and O–H groups in total. The molecule has 0 radical (unpaired) electrons. The highest BCUT2D eigenvalue weighted by Gasteiger charge is 2.58. The lowest BCUT2D eigenvalue weighted by molar-refractivity contribution is -0.153. The van der Waals surface area contributed by atoms with E-state index in [9.17, 15) is 9.59 Å². The number of nitrogens with zero attached hydrogens (tertiary/aromatic N) is 1. The molecule has 3 aliphatic rings. The Morgan fingerprint density at radius 3 is 2.65 bits per heavy atom. The number of hydrogen-bond donors (Lipinski definition) is 1. The summed E-state index contributed by atoms with van der Waals surface area (Å²) in [4.78, 5) is 28.8. The van der Waals surface area contributed by atoms with Gasteiger partial charge in [-0.05, 0) is 49.1 Å². The molecule has 2 aliphatic carbocycles. The first-order chi connectivity index (χ1) is 12.4. The SMILES string of the molecule is C[C@H]1[C@@H]2[C@H]3OC(=O)[C@H](C)C3CC[C@@]2(C)CC[C@@H]1NC(=O)c1ccncc1. The van der Waals surface area contributed by atoms with Gasteiger partial charge in [0.05, 0.1) is 5.92 Å². The monoisotopic (exact) mass is 356 g/mol. The molecular weight excluding hydrogens is 328 g/mol. The Morgan fingerprint density at radius 2 is 1.92 bits per heavy atom. The number of pyridine rings is 1. The van der Waals surface area contributed by atoms with E-state index in [0.717, 1.165) is 25.7 Å². The Hall–Kier alpha value is -1.91. The molecule has 1 aromatic rings. The number of ether oxygens (including phenoxy) is 1. The van der Waals surface area contributed by atoms with Crippen molar-refractivity contribution >= 4 is 11.9 Å². The van der Waals surface area contributed by atoms with E-state index < -0.39 is 0 Å². The van der Waals surface area contributed by atoms with Gasteiger partial charge in [0.2, 0.25) is 0 Å². The van der Waals surface area contributed by atoms with Crippen LogP contribution in [0.3, 0.4) is 0 Å². The Labute approximate surface area is 154 Å². The number of hydrogen-bond acceptors (Lipinski definition) is 4. The lowest BCUT2D eigenvalue weighted by Crippen LogP contribution is -2.57. The molecule has 0 bridgehead atoms. The maximum absolute atomic E-state index is 12.6. The van der Waals surface area contributed by atoms with Gasteiger partial charge in [-0.25, -0.2) is 0 Å². The van der Waals surface area contributed by atoms with Gasteiger partial charge in [0.15, 0.2) is 0 Å². The summed E-state index contributed by atoms with van der Waals surface area (Å²) < 4.78 is 5.86. The van der Waals surface area contributed by atoms with Crippen molar-refractivity contribution < 1.29 is 14.3 Å². The molecule has 140 valence electrons. The second kappa shape index (κ2) is 6.36. The predicted octanol–water partition coefficient (Wildman–Crippen LogP) is 3.20. The summed E-state index contributed by atoms with van der Waals surface area (Å²) in [6.45, 7) is 6.58. The van der Waals surface area contributed by atoms with Crippen molar-refractivity contribution in [2.75, 3.05) is 0 Å². The van der Waals surface area contributed by atoms with Crippen LogP contribution in [0.2, 0.25) is 0 Å². The molecule has 4 rings (SSSR count). The molecular formula is C21H28N2O3. The fraction of sp³-hybridized carbons (Fsp3) is 0.667. The molecule has 2 heterocycles. The molecule has 7 atom stereocenters. The predicted molar refractivity (Wildman–Crippen MR) is 97.3 cm³/mol. The van der Waals surface area contributed by atoms with Gasteiger partial charge in [-0.15, -0.1) is 0 Å². The van der Waals surface area contributed by atoms with Gasteiger partial charge in [-0.2, -0.15) is 0 Å². The Balaban J connectivity index is 1.54. The van der Waals surface area contributed by atoms with Crippen LogP contribution in [0.15, 0.2) is 24.5 Å². The zero-order valence-corrected chi connectivity index (χ0v) is 15.8. The van der Waals surface area contributed by atoms with E-state index >= 15 is 0 Å². The highest BCUT2D eigenvalue weighted by molar-refractivity contribution is 5.94. The smallest absolute Gasteiger partial charge is 0.309 e. The van der Waals surface area contributed by atoms with Gasteiger partial charge < -0.3 is 10.1 Å². The summed E-state index contributed by atoms with van der Waals surface area (Å²) in [6, 6.07) is 3.59. The molecule has 5 nitrogen and oxygen atoms in total. The van der Waals surface area contributed by atoms with E-state index in [-0.39, 0.29) is 41.3 Å².